The molecule has 0 aliphatic rings. The highest BCUT2D eigenvalue weighted by Crippen LogP contribution is 2.15. The standard InChI is InChI=1S/C14H22N2O/c1-11(2)6-13(9-15)8-14(17)7-12-4-3-5-16-10-12/h3-5,10-11,13H,6-9,15H2,1-2H3. The van der Waals surface area contributed by atoms with Crippen LogP contribution in [0.15, 0.2) is 24.5 Å². The maximum absolute atomic E-state index is 11.9. The van der Waals surface area contributed by atoms with E-state index in [1.54, 1.807) is 12.4 Å². The molecular weight excluding hydrogens is 212 g/mol. The summed E-state index contributed by atoms with van der Waals surface area (Å²) in [6, 6.07) is 3.79. The number of aromatic nitrogens is 1. The largest absolute Gasteiger partial charge is 0.330 e. The fraction of sp³-hybridized carbons (Fsp3) is 0.571. The molecule has 1 rings (SSSR count). The summed E-state index contributed by atoms with van der Waals surface area (Å²) in [7, 11) is 0. The molecule has 1 unspecified atom stereocenters. The third-order valence-corrected chi connectivity index (χ3v) is 2.78. The monoisotopic (exact) mass is 234 g/mol. The van der Waals surface area contributed by atoms with Crippen LogP contribution in [0.1, 0.15) is 32.3 Å². The third kappa shape index (κ3) is 5.59. The molecule has 94 valence electrons. The van der Waals surface area contributed by atoms with E-state index in [2.05, 4.69) is 18.8 Å². The van der Waals surface area contributed by atoms with E-state index in [4.69, 9.17) is 5.73 Å². The first-order valence-electron chi connectivity index (χ1n) is 6.22. The molecule has 1 aromatic rings. The molecule has 1 aromatic heterocycles. The van der Waals surface area contributed by atoms with Crippen LogP contribution in [0.4, 0.5) is 0 Å². The van der Waals surface area contributed by atoms with Crippen LogP contribution in [0.25, 0.3) is 0 Å². The minimum atomic E-state index is 0.258. The zero-order chi connectivity index (χ0) is 12.7. The van der Waals surface area contributed by atoms with Crippen molar-refractivity contribution in [3.63, 3.8) is 0 Å². The molecule has 1 atom stereocenters. The molecule has 0 spiro atoms. The number of hydrogen-bond donors (Lipinski definition) is 1. The highest BCUT2D eigenvalue weighted by atomic mass is 16.1. The van der Waals surface area contributed by atoms with Crippen LogP contribution in [-0.4, -0.2) is 17.3 Å². The van der Waals surface area contributed by atoms with Crippen molar-refractivity contribution in [3.05, 3.63) is 30.1 Å². The molecule has 3 nitrogen and oxygen atoms in total. The van der Waals surface area contributed by atoms with E-state index in [9.17, 15) is 4.79 Å². The summed E-state index contributed by atoms with van der Waals surface area (Å²) in [5, 5.41) is 0. The topological polar surface area (TPSA) is 56.0 Å². The van der Waals surface area contributed by atoms with E-state index in [1.165, 1.54) is 0 Å². The molecule has 1 heterocycles. The van der Waals surface area contributed by atoms with Crippen LogP contribution in [0.5, 0.6) is 0 Å². The Kier molecular flexibility index (Phi) is 5.84. The van der Waals surface area contributed by atoms with Crippen molar-refractivity contribution < 1.29 is 4.79 Å². The van der Waals surface area contributed by atoms with Gasteiger partial charge in [0.2, 0.25) is 0 Å². The van der Waals surface area contributed by atoms with Gasteiger partial charge in [-0.05, 0) is 36.4 Å². The molecule has 0 fully saturated rings. The van der Waals surface area contributed by atoms with Gasteiger partial charge >= 0.3 is 0 Å². The Morgan fingerprint density at radius 2 is 2.24 bits per heavy atom. The SMILES string of the molecule is CC(C)CC(CN)CC(=O)Cc1cccnc1. The Balaban J connectivity index is 2.43. The molecule has 0 bridgehead atoms. The molecule has 17 heavy (non-hydrogen) atoms. The number of carbonyl (C=O) groups excluding carboxylic acids is 1. The quantitative estimate of drug-likeness (QED) is 0.787. The number of pyridine rings is 1. The summed E-state index contributed by atoms with van der Waals surface area (Å²) >= 11 is 0. The second kappa shape index (κ2) is 7.17. The van der Waals surface area contributed by atoms with E-state index in [0.29, 0.717) is 31.2 Å². The highest BCUT2D eigenvalue weighted by Gasteiger charge is 2.14. The number of rotatable bonds is 7. The second-order valence-corrected chi connectivity index (χ2v) is 5.01. The maximum atomic E-state index is 11.9. The molecule has 0 aliphatic heterocycles. The predicted molar refractivity (Wildman–Crippen MR) is 69.6 cm³/mol. The lowest BCUT2D eigenvalue weighted by atomic mass is 9.91. The molecule has 0 radical (unpaired) electrons. The summed E-state index contributed by atoms with van der Waals surface area (Å²) in [5.74, 6) is 1.17. The van der Waals surface area contributed by atoms with Crippen molar-refractivity contribution >= 4 is 5.78 Å². The number of carbonyl (C=O) groups is 1. The molecule has 2 N–H and O–H groups in total. The summed E-state index contributed by atoms with van der Waals surface area (Å²) in [6.07, 6.45) is 5.55. The van der Waals surface area contributed by atoms with Gasteiger partial charge in [-0.25, -0.2) is 0 Å². The van der Waals surface area contributed by atoms with Crippen molar-refractivity contribution in [3.8, 4) is 0 Å². The van der Waals surface area contributed by atoms with Crippen molar-refractivity contribution in [2.24, 2.45) is 17.6 Å². The number of nitrogens with two attached hydrogens (primary N) is 1. The van der Waals surface area contributed by atoms with E-state index >= 15 is 0 Å². The Labute approximate surface area is 103 Å². The predicted octanol–water partition coefficient (Wildman–Crippen LogP) is 2.20. The number of nitrogens with zero attached hydrogens (tertiary/aromatic N) is 1. The van der Waals surface area contributed by atoms with Crippen molar-refractivity contribution in [1.29, 1.82) is 0 Å². The normalized spacial score (nSPS) is 12.7. The van der Waals surface area contributed by atoms with Gasteiger partial charge in [-0.2, -0.15) is 0 Å². The van der Waals surface area contributed by atoms with Crippen LogP contribution in [-0.2, 0) is 11.2 Å². The highest BCUT2D eigenvalue weighted by molar-refractivity contribution is 5.81. The number of hydrogen-bond acceptors (Lipinski definition) is 3. The number of Topliss-reactive ketones (excluding diaryl/α,β-unsaturated/α-hetero) is 1. The van der Waals surface area contributed by atoms with E-state index in [-0.39, 0.29) is 5.78 Å². The lowest BCUT2D eigenvalue weighted by Gasteiger charge is -2.16. The minimum Gasteiger partial charge on any atom is -0.330 e. The fourth-order valence-electron chi connectivity index (χ4n) is 2.05. The summed E-state index contributed by atoms with van der Waals surface area (Å²) < 4.78 is 0. The zero-order valence-corrected chi connectivity index (χ0v) is 10.7. The summed E-state index contributed by atoms with van der Waals surface area (Å²) in [5.41, 5.74) is 6.68. The first-order chi connectivity index (χ1) is 8.11. The average molecular weight is 234 g/mol. The lowest BCUT2D eigenvalue weighted by Crippen LogP contribution is -2.20. The van der Waals surface area contributed by atoms with Gasteiger partial charge in [-0.15, -0.1) is 0 Å². The van der Waals surface area contributed by atoms with E-state index in [1.807, 2.05) is 12.1 Å². The van der Waals surface area contributed by atoms with Crippen molar-refractivity contribution in [2.75, 3.05) is 6.54 Å². The Morgan fingerprint density at radius 1 is 1.47 bits per heavy atom. The molecule has 0 amide bonds. The van der Waals surface area contributed by atoms with Gasteiger partial charge < -0.3 is 5.73 Å². The molecule has 3 heteroatoms. The van der Waals surface area contributed by atoms with E-state index < -0.39 is 0 Å². The smallest absolute Gasteiger partial charge is 0.137 e. The van der Waals surface area contributed by atoms with Crippen molar-refractivity contribution in [1.82, 2.24) is 4.98 Å². The van der Waals surface area contributed by atoms with Crippen LogP contribution >= 0.6 is 0 Å². The Hall–Kier alpha value is -1.22. The zero-order valence-electron chi connectivity index (χ0n) is 10.7. The number of ketones is 1. The van der Waals surface area contributed by atoms with Crippen LogP contribution < -0.4 is 5.73 Å². The molecule has 0 saturated carbocycles. The van der Waals surface area contributed by atoms with E-state index in [0.717, 1.165) is 12.0 Å². The van der Waals surface area contributed by atoms with Crippen LogP contribution in [0, 0.1) is 11.8 Å². The van der Waals surface area contributed by atoms with Gasteiger partial charge in [0.1, 0.15) is 5.78 Å². The Morgan fingerprint density at radius 3 is 2.76 bits per heavy atom. The van der Waals surface area contributed by atoms with Gasteiger partial charge in [0.25, 0.3) is 0 Å². The van der Waals surface area contributed by atoms with Gasteiger partial charge in [-0.3, -0.25) is 9.78 Å². The Bertz CT molecular complexity index is 335. The van der Waals surface area contributed by atoms with Crippen LogP contribution in [0.2, 0.25) is 0 Å². The van der Waals surface area contributed by atoms with Gasteiger partial charge in [0.05, 0.1) is 0 Å². The molecule has 0 aliphatic carbocycles. The second-order valence-electron chi connectivity index (χ2n) is 5.01. The molecule has 0 saturated heterocycles. The molecular formula is C14H22N2O. The van der Waals surface area contributed by atoms with Gasteiger partial charge in [-0.1, -0.05) is 19.9 Å². The lowest BCUT2D eigenvalue weighted by molar-refractivity contribution is -0.119. The maximum Gasteiger partial charge on any atom is 0.137 e. The van der Waals surface area contributed by atoms with Gasteiger partial charge in [0.15, 0.2) is 0 Å². The third-order valence-electron chi connectivity index (χ3n) is 2.78. The summed E-state index contributed by atoms with van der Waals surface area (Å²) in [4.78, 5) is 15.9. The van der Waals surface area contributed by atoms with Gasteiger partial charge in [0, 0.05) is 25.2 Å². The first kappa shape index (κ1) is 13.8. The first-order valence-corrected chi connectivity index (χ1v) is 6.22. The fourth-order valence-corrected chi connectivity index (χ4v) is 2.05. The minimum absolute atomic E-state index is 0.258. The molecule has 0 aromatic carbocycles. The summed E-state index contributed by atoms with van der Waals surface area (Å²) in [6.45, 7) is 4.92. The van der Waals surface area contributed by atoms with Crippen molar-refractivity contribution in [2.45, 2.75) is 33.1 Å². The average Bonchev–Trinajstić information content (AvgIpc) is 2.28. The van der Waals surface area contributed by atoms with Crippen LogP contribution in [0.3, 0.4) is 0 Å².